The number of hydrogen-bond acceptors (Lipinski definition) is 6. The number of carboxylic acid groups (broad SMARTS) is 2. The van der Waals surface area contributed by atoms with Gasteiger partial charge in [-0.3, -0.25) is 9.59 Å². The van der Waals surface area contributed by atoms with Crippen LogP contribution in [0.1, 0.15) is 47.0 Å². The predicted molar refractivity (Wildman–Crippen MR) is 80.2 cm³/mol. The van der Waals surface area contributed by atoms with Gasteiger partial charge in [0.2, 0.25) is 0 Å². The van der Waals surface area contributed by atoms with Crippen molar-refractivity contribution in [1.29, 1.82) is 0 Å². The molecule has 0 aliphatic carbocycles. The largest absolute Gasteiger partial charge is 0.481 e. The van der Waals surface area contributed by atoms with Gasteiger partial charge in [0.05, 0.1) is 0 Å². The molecule has 0 aromatic carbocycles. The van der Waals surface area contributed by atoms with Crippen molar-refractivity contribution in [3.63, 3.8) is 0 Å². The van der Waals surface area contributed by atoms with Gasteiger partial charge in [-0.05, 0) is 34.1 Å². The molecule has 6 N–H and O–H groups in total. The molecule has 0 rings (SSSR count). The molecular formula is C13H32O8Ta. The van der Waals surface area contributed by atoms with E-state index in [-0.39, 0.29) is 68.1 Å². The van der Waals surface area contributed by atoms with Crippen LogP contribution in [0.4, 0.5) is 0 Å². The summed E-state index contributed by atoms with van der Waals surface area (Å²) < 4.78 is 0. The van der Waals surface area contributed by atoms with Crippen LogP contribution in [0.2, 0.25) is 0 Å². The monoisotopic (exact) mass is 497 g/mol. The van der Waals surface area contributed by atoms with Gasteiger partial charge < -0.3 is 30.6 Å². The van der Waals surface area contributed by atoms with Gasteiger partial charge in [0, 0.05) is 61.6 Å². The topological polar surface area (TPSA) is 156 Å². The Balaban J connectivity index is -0.0000000415. The molecule has 0 aromatic rings. The average Bonchev–Trinajstić information content (AvgIpc) is 2.31. The fraction of sp³-hybridized carbons (Fsp3) is 0.846. The first-order valence-electron chi connectivity index (χ1n) is 6.66. The third kappa shape index (κ3) is 220. The van der Waals surface area contributed by atoms with Crippen molar-refractivity contribution in [3.05, 3.63) is 0 Å². The molecular weight excluding hydrogens is 465 g/mol. The smallest absolute Gasteiger partial charge is 0.303 e. The van der Waals surface area contributed by atoms with E-state index in [1.54, 1.807) is 27.7 Å². The van der Waals surface area contributed by atoms with Gasteiger partial charge >= 0.3 is 11.9 Å². The Morgan fingerprint density at radius 1 is 0.636 bits per heavy atom. The maximum Gasteiger partial charge on any atom is 0.303 e. The van der Waals surface area contributed by atoms with Crippen LogP contribution >= 0.6 is 0 Å². The maximum atomic E-state index is 9.79. The van der Waals surface area contributed by atoms with Crippen LogP contribution in [0.3, 0.4) is 0 Å². The summed E-state index contributed by atoms with van der Waals surface area (Å²) in [4.78, 5) is 19.6. The van der Waals surface area contributed by atoms with E-state index in [1.807, 2.05) is 0 Å². The van der Waals surface area contributed by atoms with Gasteiger partial charge in [-0.15, -0.1) is 0 Å². The summed E-state index contributed by atoms with van der Waals surface area (Å²) in [6, 6.07) is 0. The van der Waals surface area contributed by atoms with Gasteiger partial charge in [-0.2, -0.15) is 0 Å². The fourth-order valence-corrected chi connectivity index (χ4v) is 0.391. The maximum absolute atomic E-state index is 9.79. The molecule has 0 amide bonds. The number of aliphatic carboxylic acids is 2. The first-order valence-corrected chi connectivity index (χ1v) is 6.66. The molecule has 0 fully saturated rings. The second-order valence-corrected chi connectivity index (χ2v) is 2.91. The van der Waals surface area contributed by atoms with Crippen molar-refractivity contribution < 1.29 is 62.6 Å². The standard InChI is InChI=1S/C5H8O4.4C2H6O.Ta/c6-4(7)2-1-3-5(8)9;4*1-2-3;/h1-3H2,(H,6,7)(H,8,9);4*3H,2H2,1H3;. The summed E-state index contributed by atoms with van der Waals surface area (Å²) in [6.07, 6.45) is 0.0866. The summed E-state index contributed by atoms with van der Waals surface area (Å²) >= 11 is 0. The van der Waals surface area contributed by atoms with E-state index >= 15 is 0 Å². The Hall–Kier alpha value is -0.480. The fourth-order valence-electron chi connectivity index (χ4n) is 0.391. The molecule has 0 heterocycles. The molecule has 0 aliphatic heterocycles. The molecule has 0 aromatic heterocycles. The van der Waals surface area contributed by atoms with Gasteiger partial charge in [0.15, 0.2) is 0 Å². The summed E-state index contributed by atoms with van der Waals surface area (Å²) in [7, 11) is 0. The third-order valence-electron chi connectivity index (χ3n) is 0.781. The van der Waals surface area contributed by atoms with E-state index in [2.05, 4.69) is 0 Å². The predicted octanol–water partition coefficient (Wildman–Crippen LogP) is 0.318. The number of carbonyl (C=O) groups is 2. The molecule has 0 saturated carbocycles. The Bertz CT molecular complexity index is 157. The zero-order chi connectivity index (χ0) is 18.1. The van der Waals surface area contributed by atoms with Gasteiger partial charge in [-0.25, -0.2) is 0 Å². The van der Waals surface area contributed by atoms with Crippen LogP contribution in [-0.4, -0.2) is 69.0 Å². The molecule has 8 nitrogen and oxygen atoms in total. The van der Waals surface area contributed by atoms with Crippen molar-refractivity contribution in [2.24, 2.45) is 0 Å². The van der Waals surface area contributed by atoms with Crippen LogP contribution in [0, 0.1) is 0 Å². The van der Waals surface area contributed by atoms with Crippen LogP contribution in [0.15, 0.2) is 0 Å². The average molecular weight is 497 g/mol. The van der Waals surface area contributed by atoms with Crippen molar-refractivity contribution in [2.45, 2.75) is 47.0 Å². The van der Waals surface area contributed by atoms with Crippen molar-refractivity contribution >= 4 is 11.9 Å². The zero-order valence-corrected chi connectivity index (χ0v) is 17.1. The van der Waals surface area contributed by atoms with E-state index in [0.29, 0.717) is 0 Å². The zero-order valence-electron chi connectivity index (χ0n) is 13.9. The molecule has 0 atom stereocenters. The SMILES string of the molecule is CCO.CCO.CCO.CCO.O=C(O)CCCC(=O)O.[Ta]. The van der Waals surface area contributed by atoms with Gasteiger partial charge in [-0.1, -0.05) is 0 Å². The molecule has 0 unspecified atom stereocenters. The quantitative estimate of drug-likeness (QED) is 0.325. The summed E-state index contributed by atoms with van der Waals surface area (Å²) in [6.45, 7) is 7.72. The Labute approximate surface area is 148 Å². The molecule has 1 radical (unpaired) electrons. The number of rotatable bonds is 4. The molecule has 9 heteroatoms. The molecule has 0 bridgehead atoms. The number of carboxylic acids is 2. The minimum atomic E-state index is -0.948. The van der Waals surface area contributed by atoms with E-state index in [9.17, 15) is 9.59 Å². The summed E-state index contributed by atoms with van der Waals surface area (Å²) in [5, 5.41) is 46.3. The van der Waals surface area contributed by atoms with Gasteiger partial charge in [0.1, 0.15) is 0 Å². The minimum Gasteiger partial charge on any atom is -0.481 e. The first kappa shape index (κ1) is 37.6. The second kappa shape index (κ2) is 49.9. The van der Waals surface area contributed by atoms with Crippen LogP contribution in [-0.2, 0) is 32.0 Å². The molecule has 0 spiro atoms. The number of aliphatic hydroxyl groups excluding tert-OH is 4. The Morgan fingerprint density at radius 3 is 0.864 bits per heavy atom. The molecule has 0 saturated heterocycles. The third-order valence-corrected chi connectivity index (χ3v) is 0.781. The van der Waals surface area contributed by atoms with Crippen molar-refractivity contribution in [1.82, 2.24) is 0 Å². The summed E-state index contributed by atoms with van der Waals surface area (Å²) in [5.41, 5.74) is 0. The molecule has 0 aliphatic rings. The van der Waals surface area contributed by atoms with E-state index < -0.39 is 11.9 Å². The first-order chi connectivity index (χ1) is 9.78. The van der Waals surface area contributed by atoms with Crippen LogP contribution in [0.25, 0.3) is 0 Å². The van der Waals surface area contributed by atoms with Gasteiger partial charge in [0.25, 0.3) is 0 Å². The normalized spacial score (nSPS) is 6.91. The number of hydrogen-bond donors (Lipinski definition) is 6. The summed E-state index contributed by atoms with van der Waals surface area (Å²) in [5.74, 6) is -1.90. The Morgan fingerprint density at radius 2 is 0.773 bits per heavy atom. The minimum absolute atomic E-state index is 0. The van der Waals surface area contributed by atoms with E-state index in [0.717, 1.165) is 0 Å². The second-order valence-electron chi connectivity index (χ2n) is 2.91. The molecule has 22 heavy (non-hydrogen) atoms. The Kier molecular flexibility index (Phi) is 85.3. The van der Waals surface area contributed by atoms with Crippen LogP contribution < -0.4 is 0 Å². The van der Waals surface area contributed by atoms with Crippen molar-refractivity contribution in [3.8, 4) is 0 Å². The van der Waals surface area contributed by atoms with Crippen molar-refractivity contribution in [2.75, 3.05) is 26.4 Å². The number of aliphatic hydroxyl groups is 4. The van der Waals surface area contributed by atoms with E-state index in [4.69, 9.17) is 30.6 Å². The van der Waals surface area contributed by atoms with Crippen LogP contribution in [0.5, 0.6) is 0 Å². The van der Waals surface area contributed by atoms with E-state index in [1.165, 1.54) is 0 Å². The molecule has 137 valence electrons.